The number of hydrogen-bond acceptors (Lipinski definition) is 2. The summed E-state index contributed by atoms with van der Waals surface area (Å²) < 4.78 is 0. The number of anilines is 1. The molecule has 0 spiro atoms. The summed E-state index contributed by atoms with van der Waals surface area (Å²) in [7, 11) is 1.75. The Kier molecular flexibility index (Phi) is 4.71. The van der Waals surface area contributed by atoms with Crippen molar-refractivity contribution in [2.24, 2.45) is 5.92 Å². The summed E-state index contributed by atoms with van der Waals surface area (Å²) in [5.41, 5.74) is 1.35. The third-order valence-electron chi connectivity index (χ3n) is 2.67. The van der Waals surface area contributed by atoms with Crippen molar-refractivity contribution in [3.63, 3.8) is 0 Å². The van der Waals surface area contributed by atoms with E-state index in [4.69, 9.17) is 5.26 Å². The summed E-state index contributed by atoms with van der Waals surface area (Å²) in [6, 6.07) is 9.17. The average Bonchev–Trinajstić information content (AvgIpc) is 2.35. The van der Waals surface area contributed by atoms with Crippen molar-refractivity contribution in [1.82, 2.24) is 0 Å². The van der Waals surface area contributed by atoms with Crippen LogP contribution in [0.25, 0.3) is 0 Å². The van der Waals surface area contributed by atoms with E-state index >= 15 is 0 Å². The molecule has 0 radical (unpaired) electrons. The second kappa shape index (κ2) is 6.05. The van der Waals surface area contributed by atoms with E-state index in [1.807, 2.05) is 6.07 Å². The van der Waals surface area contributed by atoms with E-state index in [1.54, 1.807) is 30.1 Å². The molecule has 0 saturated heterocycles. The fourth-order valence-electron chi connectivity index (χ4n) is 1.51. The lowest BCUT2D eigenvalue weighted by Gasteiger charge is -2.18. The second-order valence-electron chi connectivity index (χ2n) is 4.55. The van der Waals surface area contributed by atoms with Crippen molar-refractivity contribution >= 4 is 11.6 Å². The molecule has 3 heteroatoms. The second-order valence-corrected chi connectivity index (χ2v) is 4.55. The van der Waals surface area contributed by atoms with Gasteiger partial charge in [0.25, 0.3) is 0 Å². The van der Waals surface area contributed by atoms with Gasteiger partial charge in [0, 0.05) is 19.2 Å². The van der Waals surface area contributed by atoms with Crippen LogP contribution >= 0.6 is 0 Å². The maximum atomic E-state index is 11.9. The van der Waals surface area contributed by atoms with Crippen molar-refractivity contribution in [2.75, 3.05) is 11.9 Å². The number of rotatable bonds is 4. The van der Waals surface area contributed by atoms with Crippen LogP contribution in [0.2, 0.25) is 0 Å². The molecule has 17 heavy (non-hydrogen) atoms. The van der Waals surface area contributed by atoms with Gasteiger partial charge < -0.3 is 4.90 Å². The molecule has 0 unspecified atom stereocenters. The molecule has 0 bridgehead atoms. The van der Waals surface area contributed by atoms with Crippen LogP contribution in [-0.4, -0.2) is 13.0 Å². The third-order valence-corrected chi connectivity index (χ3v) is 2.67. The Hall–Kier alpha value is -1.82. The molecular formula is C14H18N2O. The minimum absolute atomic E-state index is 0.0915. The largest absolute Gasteiger partial charge is 0.315 e. The molecule has 0 atom stereocenters. The summed E-state index contributed by atoms with van der Waals surface area (Å²) in [6.45, 7) is 4.20. The van der Waals surface area contributed by atoms with Crippen LogP contribution in [0.5, 0.6) is 0 Å². The van der Waals surface area contributed by atoms with Crippen molar-refractivity contribution < 1.29 is 4.79 Å². The molecule has 0 saturated carbocycles. The van der Waals surface area contributed by atoms with Gasteiger partial charge in [-0.15, -0.1) is 0 Å². The smallest absolute Gasteiger partial charge is 0.226 e. The quantitative estimate of drug-likeness (QED) is 0.798. The highest BCUT2D eigenvalue weighted by atomic mass is 16.2. The van der Waals surface area contributed by atoms with Gasteiger partial charge >= 0.3 is 0 Å². The molecule has 0 heterocycles. The lowest BCUT2D eigenvalue weighted by atomic mass is 10.1. The number of carbonyl (C=O) groups is 1. The minimum Gasteiger partial charge on any atom is -0.315 e. The Labute approximate surface area is 103 Å². The highest BCUT2D eigenvalue weighted by Gasteiger charge is 2.11. The Balaban J connectivity index is 2.71. The van der Waals surface area contributed by atoms with Gasteiger partial charge in [0.1, 0.15) is 0 Å². The summed E-state index contributed by atoms with van der Waals surface area (Å²) in [5.74, 6) is 0.617. The Morgan fingerprint density at radius 1 is 1.47 bits per heavy atom. The summed E-state index contributed by atoms with van der Waals surface area (Å²) in [4.78, 5) is 13.5. The first kappa shape index (κ1) is 13.2. The van der Waals surface area contributed by atoms with E-state index < -0.39 is 0 Å². The fraction of sp³-hybridized carbons (Fsp3) is 0.429. The van der Waals surface area contributed by atoms with E-state index in [-0.39, 0.29) is 5.91 Å². The Morgan fingerprint density at radius 3 is 2.76 bits per heavy atom. The van der Waals surface area contributed by atoms with E-state index in [1.165, 1.54) is 0 Å². The molecule has 0 aromatic heterocycles. The first-order valence-electron chi connectivity index (χ1n) is 5.81. The van der Waals surface area contributed by atoms with Gasteiger partial charge in [0.2, 0.25) is 5.91 Å². The SMILES string of the molecule is CC(C)CCC(=O)N(C)c1cccc(C#N)c1. The van der Waals surface area contributed by atoms with Gasteiger partial charge in [0.15, 0.2) is 0 Å². The molecule has 0 fully saturated rings. The fourth-order valence-corrected chi connectivity index (χ4v) is 1.51. The summed E-state index contributed by atoms with van der Waals surface area (Å²) in [5, 5.41) is 8.81. The number of benzene rings is 1. The van der Waals surface area contributed by atoms with Crippen LogP contribution in [-0.2, 0) is 4.79 Å². The molecule has 0 N–H and O–H groups in total. The average molecular weight is 230 g/mol. The monoisotopic (exact) mass is 230 g/mol. The highest BCUT2D eigenvalue weighted by molar-refractivity contribution is 5.92. The van der Waals surface area contributed by atoms with E-state index in [2.05, 4.69) is 19.9 Å². The van der Waals surface area contributed by atoms with Crippen molar-refractivity contribution in [1.29, 1.82) is 5.26 Å². The summed E-state index contributed by atoms with van der Waals surface area (Å²) >= 11 is 0. The third kappa shape index (κ3) is 3.92. The number of nitrogens with zero attached hydrogens (tertiary/aromatic N) is 2. The molecule has 0 aliphatic heterocycles. The molecule has 0 aliphatic carbocycles. The van der Waals surface area contributed by atoms with Crippen LogP contribution in [0.4, 0.5) is 5.69 Å². The molecule has 1 aromatic carbocycles. The number of nitriles is 1. The van der Waals surface area contributed by atoms with Gasteiger partial charge in [-0.3, -0.25) is 4.79 Å². The predicted molar refractivity (Wildman–Crippen MR) is 68.6 cm³/mol. The van der Waals surface area contributed by atoms with E-state index in [0.29, 0.717) is 17.9 Å². The summed E-state index contributed by atoms with van der Waals surface area (Å²) in [6.07, 6.45) is 1.44. The van der Waals surface area contributed by atoms with E-state index in [9.17, 15) is 4.79 Å². The van der Waals surface area contributed by atoms with Gasteiger partial charge in [0.05, 0.1) is 11.6 Å². The van der Waals surface area contributed by atoms with Crippen molar-refractivity contribution in [3.8, 4) is 6.07 Å². The number of carbonyl (C=O) groups excluding carboxylic acids is 1. The molecule has 3 nitrogen and oxygen atoms in total. The highest BCUT2D eigenvalue weighted by Crippen LogP contribution is 2.16. The van der Waals surface area contributed by atoms with Gasteiger partial charge in [-0.05, 0) is 30.5 Å². The lowest BCUT2D eigenvalue weighted by Crippen LogP contribution is -2.26. The van der Waals surface area contributed by atoms with Crippen LogP contribution in [0.3, 0.4) is 0 Å². The van der Waals surface area contributed by atoms with Gasteiger partial charge in [-0.25, -0.2) is 0 Å². The molecule has 1 amide bonds. The first-order valence-corrected chi connectivity index (χ1v) is 5.81. The number of hydrogen-bond donors (Lipinski definition) is 0. The molecule has 90 valence electrons. The Morgan fingerprint density at radius 2 is 2.18 bits per heavy atom. The lowest BCUT2D eigenvalue weighted by molar-refractivity contribution is -0.118. The van der Waals surface area contributed by atoms with Crippen molar-refractivity contribution in [3.05, 3.63) is 29.8 Å². The predicted octanol–water partition coefficient (Wildman–Crippen LogP) is 2.96. The van der Waals surface area contributed by atoms with Crippen LogP contribution in [0.15, 0.2) is 24.3 Å². The van der Waals surface area contributed by atoms with Gasteiger partial charge in [-0.1, -0.05) is 19.9 Å². The first-order chi connectivity index (χ1) is 8.04. The zero-order valence-electron chi connectivity index (χ0n) is 10.6. The molecule has 0 aliphatic rings. The minimum atomic E-state index is 0.0915. The maximum absolute atomic E-state index is 11.9. The Bertz CT molecular complexity index is 432. The van der Waals surface area contributed by atoms with E-state index in [0.717, 1.165) is 12.1 Å². The zero-order chi connectivity index (χ0) is 12.8. The maximum Gasteiger partial charge on any atom is 0.226 e. The normalized spacial score (nSPS) is 10.1. The van der Waals surface area contributed by atoms with Gasteiger partial charge in [-0.2, -0.15) is 5.26 Å². The molecule has 1 aromatic rings. The molecular weight excluding hydrogens is 212 g/mol. The number of amides is 1. The van der Waals surface area contributed by atoms with Crippen LogP contribution in [0.1, 0.15) is 32.3 Å². The van der Waals surface area contributed by atoms with Crippen LogP contribution < -0.4 is 4.90 Å². The van der Waals surface area contributed by atoms with Crippen molar-refractivity contribution in [2.45, 2.75) is 26.7 Å². The van der Waals surface area contributed by atoms with Crippen LogP contribution in [0, 0.1) is 17.2 Å². The topological polar surface area (TPSA) is 44.1 Å². The standard InChI is InChI=1S/C14H18N2O/c1-11(2)7-8-14(17)16(3)13-6-4-5-12(9-13)10-15/h4-6,9,11H,7-8H2,1-3H3. The molecule has 1 rings (SSSR count). The zero-order valence-corrected chi connectivity index (χ0v) is 10.6.